The van der Waals surface area contributed by atoms with Gasteiger partial charge in [-0.25, -0.2) is 0 Å². The van der Waals surface area contributed by atoms with Crippen molar-refractivity contribution in [2.45, 2.75) is 25.8 Å². The van der Waals surface area contributed by atoms with Gasteiger partial charge in [-0.15, -0.1) is 0 Å². The molecule has 0 unspecified atom stereocenters. The summed E-state index contributed by atoms with van der Waals surface area (Å²) in [6, 6.07) is 0.685. The largest absolute Gasteiger partial charge is 0.497 e. The van der Waals surface area contributed by atoms with Crippen LogP contribution in [0.1, 0.15) is 19.8 Å². The van der Waals surface area contributed by atoms with E-state index in [0.717, 1.165) is 6.61 Å². The van der Waals surface area contributed by atoms with Gasteiger partial charge in [-0.05, 0) is 19.8 Å². The molecule has 0 aromatic heterocycles. The predicted molar refractivity (Wildman–Crippen MR) is 39.4 cm³/mol. The van der Waals surface area contributed by atoms with Crippen molar-refractivity contribution in [3.63, 3.8) is 0 Å². The number of ether oxygens (including phenoxy) is 1. The molecule has 1 fully saturated rings. The standard InChI is InChI=1S/C8H13NO/c1-7-5-10-6-8-3-2-4-9(7)8/h5,8H,2-4,6H2,1H3/t8-/m0/s1. The van der Waals surface area contributed by atoms with Crippen LogP contribution < -0.4 is 0 Å². The van der Waals surface area contributed by atoms with Crippen LogP contribution >= 0.6 is 0 Å². The van der Waals surface area contributed by atoms with Gasteiger partial charge in [0.05, 0.1) is 6.04 Å². The second-order valence-electron chi connectivity index (χ2n) is 3.08. The Labute approximate surface area is 61.5 Å². The summed E-state index contributed by atoms with van der Waals surface area (Å²) < 4.78 is 5.29. The van der Waals surface area contributed by atoms with Crippen LogP contribution in [0.5, 0.6) is 0 Å². The van der Waals surface area contributed by atoms with Crippen molar-refractivity contribution in [2.24, 2.45) is 0 Å². The molecule has 0 aromatic carbocycles. The zero-order chi connectivity index (χ0) is 6.97. The number of rotatable bonds is 0. The Kier molecular flexibility index (Phi) is 1.33. The fourth-order valence-corrected chi connectivity index (χ4v) is 1.82. The molecule has 0 aromatic rings. The van der Waals surface area contributed by atoms with Gasteiger partial charge in [0.15, 0.2) is 0 Å². The fourth-order valence-electron chi connectivity index (χ4n) is 1.82. The molecule has 0 N–H and O–H groups in total. The molecule has 2 rings (SSSR count). The minimum Gasteiger partial charge on any atom is -0.497 e. The van der Waals surface area contributed by atoms with Crippen molar-refractivity contribution in [1.29, 1.82) is 0 Å². The van der Waals surface area contributed by atoms with E-state index in [4.69, 9.17) is 4.74 Å². The summed E-state index contributed by atoms with van der Waals surface area (Å²) in [5.41, 5.74) is 1.30. The average Bonchev–Trinajstić information content (AvgIpc) is 2.36. The molecular weight excluding hydrogens is 126 g/mol. The molecule has 0 amide bonds. The van der Waals surface area contributed by atoms with E-state index in [-0.39, 0.29) is 0 Å². The van der Waals surface area contributed by atoms with Gasteiger partial charge in [-0.3, -0.25) is 0 Å². The van der Waals surface area contributed by atoms with Crippen molar-refractivity contribution in [2.75, 3.05) is 13.2 Å². The topological polar surface area (TPSA) is 12.5 Å². The van der Waals surface area contributed by atoms with Crippen LogP contribution in [-0.2, 0) is 4.74 Å². The fraction of sp³-hybridized carbons (Fsp3) is 0.750. The Bertz CT molecular complexity index is 165. The third-order valence-electron chi connectivity index (χ3n) is 2.37. The van der Waals surface area contributed by atoms with E-state index in [0.29, 0.717) is 6.04 Å². The molecule has 0 radical (unpaired) electrons. The summed E-state index contributed by atoms with van der Waals surface area (Å²) >= 11 is 0. The van der Waals surface area contributed by atoms with E-state index in [9.17, 15) is 0 Å². The van der Waals surface area contributed by atoms with Crippen molar-refractivity contribution < 1.29 is 4.74 Å². The molecule has 0 bridgehead atoms. The Morgan fingerprint density at radius 2 is 2.60 bits per heavy atom. The van der Waals surface area contributed by atoms with Crippen molar-refractivity contribution >= 4 is 0 Å². The van der Waals surface area contributed by atoms with Crippen LogP contribution in [0.2, 0.25) is 0 Å². The van der Waals surface area contributed by atoms with Crippen molar-refractivity contribution in [1.82, 2.24) is 4.90 Å². The molecule has 2 heteroatoms. The molecule has 1 saturated heterocycles. The highest BCUT2D eigenvalue weighted by Gasteiger charge is 2.27. The number of fused-ring (bicyclic) bond motifs is 1. The van der Waals surface area contributed by atoms with Gasteiger partial charge in [0, 0.05) is 12.2 Å². The van der Waals surface area contributed by atoms with Crippen LogP contribution in [0.15, 0.2) is 12.0 Å². The van der Waals surface area contributed by atoms with Crippen LogP contribution in [0, 0.1) is 0 Å². The maximum Gasteiger partial charge on any atom is 0.108 e. The number of hydrogen-bond donors (Lipinski definition) is 0. The lowest BCUT2D eigenvalue weighted by Crippen LogP contribution is -2.34. The van der Waals surface area contributed by atoms with Gasteiger partial charge in [-0.1, -0.05) is 0 Å². The van der Waals surface area contributed by atoms with Gasteiger partial charge in [0.1, 0.15) is 12.9 Å². The Morgan fingerprint density at radius 1 is 1.70 bits per heavy atom. The summed E-state index contributed by atoms with van der Waals surface area (Å²) in [5.74, 6) is 0. The van der Waals surface area contributed by atoms with Gasteiger partial charge in [-0.2, -0.15) is 0 Å². The van der Waals surface area contributed by atoms with E-state index in [1.165, 1.54) is 25.1 Å². The SMILES string of the molecule is CC1=COC[C@@H]2CCCN12. The van der Waals surface area contributed by atoms with Crippen LogP contribution in [0.3, 0.4) is 0 Å². The van der Waals surface area contributed by atoms with Gasteiger partial charge in [0.25, 0.3) is 0 Å². The molecule has 56 valence electrons. The third-order valence-corrected chi connectivity index (χ3v) is 2.37. The highest BCUT2D eigenvalue weighted by Crippen LogP contribution is 2.25. The molecule has 10 heavy (non-hydrogen) atoms. The maximum atomic E-state index is 5.29. The van der Waals surface area contributed by atoms with Gasteiger partial charge in [0.2, 0.25) is 0 Å². The molecule has 2 nitrogen and oxygen atoms in total. The van der Waals surface area contributed by atoms with Crippen LogP contribution in [0.4, 0.5) is 0 Å². The Hall–Kier alpha value is -0.660. The Balaban J connectivity index is 2.16. The summed E-state index contributed by atoms with van der Waals surface area (Å²) in [4.78, 5) is 2.45. The van der Waals surface area contributed by atoms with E-state index < -0.39 is 0 Å². The lowest BCUT2D eigenvalue weighted by atomic mass is 10.2. The minimum atomic E-state index is 0.685. The van der Waals surface area contributed by atoms with Gasteiger partial charge < -0.3 is 9.64 Å². The molecule has 1 atom stereocenters. The molecule has 2 heterocycles. The molecule has 0 spiro atoms. The zero-order valence-electron chi connectivity index (χ0n) is 6.34. The second-order valence-corrected chi connectivity index (χ2v) is 3.08. The molecule has 0 saturated carbocycles. The second kappa shape index (κ2) is 2.19. The molecule has 2 aliphatic rings. The first-order chi connectivity index (χ1) is 4.88. The van der Waals surface area contributed by atoms with E-state index in [1.807, 2.05) is 6.26 Å². The molecular formula is C8H13NO. The van der Waals surface area contributed by atoms with Crippen LogP contribution in [-0.4, -0.2) is 24.1 Å². The first kappa shape index (κ1) is 6.08. The highest BCUT2D eigenvalue weighted by atomic mass is 16.5. The summed E-state index contributed by atoms with van der Waals surface area (Å²) in [6.45, 7) is 4.26. The average molecular weight is 139 g/mol. The summed E-state index contributed by atoms with van der Waals surface area (Å²) in [7, 11) is 0. The highest BCUT2D eigenvalue weighted by molar-refractivity contribution is 5.02. The summed E-state index contributed by atoms with van der Waals surface area (Å²) in [5, 5.41) is 0. The number of nitrogens with zero attached hydrogens (tertiary/aromatic N) is 1. The van der Waals surface area contributed by atoms with E-state index in [1.54, 1.807) is 0 Å². The quantitative estimate of drug-likeness (QED) is 0.502. The van der Waals surface area contributed by atoms with Crippen molar-refractivity contribution in [3.05, 3.63) is 12.0 Å². The minimum absolute atomic E-state index is 0.685. The first-order valence-electron chi connectivity index (χ1n) is 3.93. The van der Waals surface area contributed by atoms with E-state index in [2.05, 4.69) is 11.8 Å². The monoisotopic (exact) mass is 139 g/mol. The predicted octanol–water partition coefficient (Wildman–Crippen LogP) is 1.34. The lowest BCUT2D eigenvalue weighted by molar-refractivity contribution is 0.125. The van der Waals surface area contributed by atoms with E-state index >= 15 is 0 Å². The van der Waals surface area contributed by atoms with Gasteiger partial charge >= 0.3 is 0 Å². The number of allylic oxidation sites excluding steroid dienone is 1. The molecule has 2 aliphatic heterocycles. The van der Waals surface area contributed by atoms with Crippen molar-refractivity contribution in [3.8, 4) is 0 Å². The maximum absolute atomic E-state index is 5.29. The summed E-state index contributed by atoms with van der Waals surface area (Å²) in [6.07, 6.45) is 4.52. The third kappa shape index (κ3) is 0.789. The number of hydrogen-bond acceptors (Lipinski definition) is 2. The lowest BCUT2D eigenvalue weighted by Gasteiger charge is -2.30. The zero-order valence-corrected chi connectivity index (χ0v) is 6.34. The molecule has 0 aliphatic carbocycles. The smallest absolute Gasteiger partial charge is 0.108 e. The normalized spacial score (nSPS) is 31.1. The Morgan fingerprint density at radius 3 is 3.40 bits per heavy atom. The van der Waals surface area contributed by atoms with Crippen LogP contribution in [0.25, 0.3) is 0 Å². The first-order valence-corrected chi connectivity index (χ1v) is 3.93.